The Bertz CT molecular complexity index is 532. The van der Waals surface area contributed by atoms with E-state index < -0.39 is 5.97 Å². The number of carbonyl (C=O) groups is 2. The van der Waals surface area contributed by atoms with E-state index in [1.54, 1.807) is 24.0 Å². The summed E-state index contributed by atoms with van der Waals surface area (Å²) < 4.78 is 4.98. The van der Waals surface area contributed by atoms with Crippen molar-refractivity contribution in [3.05, 3.63) is 29.8 Å². The lowest BCUT2D eigenvalue weighted by molar-refractivity contribution is -0.137. The molecule has 6 nitrogen and oxygen atoms in total. The van der Waals surface area contributed by atoms with Gasteiger partial charge in [-0.25, -0.2) is 4.79 Å². The van der Waals surface area contributed by atoms with E-state index in [2.05, 4.69) is 0 Å². The summed E-state index contributed by atoms with van der Waals surface area (Å²) in [5, 5.41) is 9.02. The van der Waals surface area contributed by atoms with Gasteiger partial charge in [0, 0.05) is 38.9 Å². The highest BCUT2D eigenvalue weighted by Crippen LogP contribution is 2.38. The van der Waals surface area contributed by atoms with Crippen LogP contribution in [0, 0.1) is 0 Å². The van der Waals surface area contributed by atoms with Crippen LogP contribution in [-0.4, -0.2) is 55.9 Å². The number of carboxylic acids is 1. The quantitative estimate of drug-likeness (QED) is 0.898. The van der Waals surface area contributed by atoms with E-state index in [-0.39, 0.29) is 18.4 Å². The number of fused-ring (bicyclic) bond motifs is 1. The molecule has 6 heteroatoms. The molecule has 0 spiro atoms. The fraction of sp³-hybridized carbons (Fsp3) is 0.467. The van der Waals surface area contributed by atoms with Gasteiger partial charge in [0.2, 0.25) is 0 Å². The van der Waals surface area contributed by atoms with E-state index in [4.69, 9.17) is 9.84 Å². The summed E-state index contributed by atoms with van der Waals surface area (Å²) in [7, 11) is 3.31. The van der Waals surface area contributed by atoms with Gasteiger partial charge in [0.25, 0.3) is 0 Å². The minimum absolute atomic E-state index is 0.0303. The average Bonchev–Trinajstić information content (AvgIpc) is 2.82. The number of hydrogen-bond donors (Lipinski definition) is 1. The molecule has 1 aromatic rings. The summed E-state index contributed by atoms with van der Waals surface area (Å²) in [6.45, 7) is 1.37. The van der Waals surface area contributed by atoms with Gasteiger partial charge in [-0.15, -0.1) is 0 Å². The SMILES string of the molecule is COCCN(C)C(=O)N1CC(CC(=O)O)c2ccccc21. The lowest BCUT2D eigenvalue weighted by Crippen LogP contribution is -2.42. The maximum Gasteiger partial charge on any atom is 0.324 e. The number of para-hydroxylation sites is 1. The minimum Gasteiger partial charge on any atom is -0.481 e. The molecule has 0 bridgehead atoms. The van der Waals surface area contributed by atoms with Crippen LogP contribution in [0.1, 0.15) is 17.9 Å². The summed E-state index contributed by atoms with van der Waals surface area (Å²) in [4.78, 5) is 26.7. The maximum absolute atomic E-state index is 12.5. The molecule has 21 heavy (non-hydrogen) atoms. The van der Waals surface area contributed by atoms with Gasteiger partial charge in [-0.05, 0) is 11.6 Å². The average molecular weight is 292 g/mol. The molecule has 1 N–H and O–H groups in total. The predicted molar refractivity (Wildman–Crippen MR) is 78.7 cm³/mol. The molecule has 0 aromatic heterocycles. The lowest BCUT2D eigenvalue weighted by Gasteiger charge is -2.25. The zero-order chi connectivity index (χ0) is 15.4. The van der Waals surface area contributed by atoms with Crippen molar-refractivity contribution in [3.8, 4) is 0 Å². The van der Waals surface area contributed by atoms with Crippen molar-refractivity contribution in [1.82, 2.24) is 4.90 Å². The standard InChI is InChI=1S/C15H20N2O4/c1-16(7-8-21-2)15(20)17-10-11(9-14(18)19)12-5-3-4-6-13(12)17/h3-6,11H,7-10H2,1-2H3,(H,18,19). The highest BCUT2D eigenvalue weighted by Gasteiger charge is 2.34. The number of rotatable bonds is 5. The summed E-state index contributed by atoms with van der Waals surface area (Å²) in [6.07, 6.45) is 0.0303. The molecular weight excluding hydrogens is 272 g/mol. The Labute approximate surface area is 123 Å². The number of methoxy groups -OCH3 is 1. The Morgan fingerprint density at radius 3 is 2.81 bits per heavy atom. The van der Waals surface area contributed by atoms with Crippen LogP contribution in [0.25, 0.3) is 0 Å². The molecule has 0 aliphatic carbocycles. The lowest BCUT2D eigenvalue weighted by atomic mass is 9.98. The van der Waals surface area contributed by atoms with E-state index in [9.17, 15) is 9.59 Å². The summed E-state index contributed by atoms with van der Waals surface area (Å²) in [6, 6.07) is 7.35. The third-order valence-corrected chi connectivity index (χ3v) is 3.68. The third-order valence-electron chi connectivity index (χ3n) is 3.68. The number of nitrogens with zero attached hydrogens (tertiary/aromatic N) is 2. The van der Waals surface area contributed by atoms with Gasteiger partial charge < -0.3 is 14.7 Å². The van der Waals surface area contributed by atoms with Crippen molar-refractivity contribution in [2.45, 2.75) is 12.3 Å². The molecular formula is C15H20N2O4. The largest absolute Gasteiger partial charge is 0.481 e. The molecule has 0 saturated carbocycles. The molecule has 1 aliphatic rings. The Hall–Kier alpha value is -2.08. The zero-order valence-electron chi connectivity index (χ0n) is 12.3. The molecule has 1 atom stereocenters. The second kappa shape index (κ2) is 6.58. The number of likely N-dealkylation sites (N-methyl/N-ethyl adjacent to an activating group) is 1. The second-order valence-electron chi connectivity index (χ2n) is 5.16. The van der Waals surface area contributed by atoms with Crippen molar-refractivity contribution >= 4 is 17.7 Å². The summed E-state index contributed by atoms with van der Waals surface area (Å²) >= 11 is 0. The van der Waals surface area contributed by atoms with Gasteiger partial charge in [-0.2, -0.15) is 0 Å². The molecule has 0 radical (unpaired) electrons. The minimum atomic E-state index is -0.850. The first kappa shape index (κ1) is 15.3. The van der Waals surface area contributed by atoms with Gasteiger partial charge in [0.1, 0.15) is 0 Å². The summed E-state index contributed by atoms with van der Waals surface area (Å²) in [5.74, 6) is -1.00. The second-order valence-corrected chi connectivity index (χ2v) is 5.16. The molecule has 2 rings (SSSR count). The normalized spacial score (nSPS) is 16.7. The van der Waals surface area contributed by atoms with Crippen LogP contribution in [0.5, 0.6) is 0 Å². The van der Waals surface area contributed by atoms with Gasteiger partial charge in [-0.3, -0.25) is 9.69 Å². The Morgan fingerprint density at radius 2 is 2.14 bits per heavy atom. The molecule has 1 heterocycles. The van der Waals surface area contributed by atoms with Crippen molar-refractivity contribution in [2.24, 2.45) is 0 Å². The molecule has 114 valence electrons. The van der Waals surface area contributed by atoms with Crippen molar-refractivity contribution in [2.75, 3.05) is 38.8 Å². The van der Waals surface area contributed by atoms with E-state index in [1.807, 2.05) is 24.3 Å². The van der Waals surface area contributed by atoms with Crippen molar-refractivity contribution < 1.29 is 19.4 Å². The molecule has 2 amide bonds. The van der Waals surface area contributed by atoms with Crippen LogP contribution in [0.15, 0.2) is 24.3 Å². The fourth-order valence-corrected chi connectivity index (χ4v) is 2.59. The van der Waals surface area contributed by atoms with Crippen molar-refractivity contribution in [3.63, 3.8) is 0 Å². The Kier molecular flexibility index (Phi) is 4.80. The molecule has 1 aliphatic heterocycles. The predicted octanol–water partition coefficient (Wildman–Crippen LogP) is 1.76. The molecule has 1 unspecified atom stereocenters. The summed E-state index contributed by atoms with van der Waals surface area (Å²) in [5.41, 5.74) is 1.73. The smallest absolute Gasteiger partial charge is 0.324 e. The fourth-order valence-electron chi connectivity index (χ4n) is 2.59. The van der Waals surface area contributed by atoms with E-state index >= 15 is 0 Å². The van der Waals surface area contributed by atoms with Crippen LogP contribution in [-0.2, 0) is 9.53 Å². The zero-order valence-corrected chi connectivity index (χ0v) is 12.3. The maximum atomic E-state index is 12.5. The number of carboxylic acid groups (broad SMARTS) is 1. The topological polar surface area (TPSA) is 70.1 Å². The van der Waals surface area contributed by atoms with Crippen LogP contribution >= 0.6 is 0 Å². The molecule has 0 fully saturated rings. The van der Waals surface area contributed by atoms with E-state index in [0.29, 0.717) is 19.7 Å². The number of urea groups is 1. The number of aliphatic carboxylic acids is 1. The van der Waals surface area contributed by atoms with Gasteiger partial charge in [-0.1, -0.05) is 18.2 Å². The Morgan fingerprint density at radius 1 is 1.43 bits per heavy atom. The number of anilines is 1. The van der Waals surface area contributed by atoms with Crippen molar-refractivity contribution in [1.29, 1.82) is 0 Å². The third kappa shape index (κ3) is 3.33. The molecule has 0 saturated heterocycles. The first-order valence-corrected chi connectivity index (χ1v) is 6.87. The highest BCUT2D eigenvalue weighted by atomic mass is 16.5. The van der Waals surface area contributed by atoms with Crippen LogP contribution in [0.2, 0.25) is 0 Å². The molecule has 1 aromatic carbocycles. The van der Waals surface area contributed by atoms with Crippen LogP contribution in [0.4, 0.5) is 10.5 Å². The van der Waals surface area contributed by atoms with Gasteiger partial charge >= 0.3 is 12.0 Å². The van der Waals surface area contributed by atoms with Gasteiger partial charge in [0.05, 0.1) is 13.0 Å². The highest BCUT2D eigenvalue weighted by molar-refractivity contribution is 5.95. The number of carbonyl (C=O) groups excluding carboxylic acids is 1. The number of hydrogen-bond acceptors (Lipinski definition) is 3. The number of benzene rings is 1. The number of ether oxygens (including phenoxy) is 1. The first-order valence-electron chi connectivity index (χ1n) is 6.87. The van der Waals surface area contributed by atoms with E-state index in [1.165, 1.54) is 0 Å². The monoisotopic (exact) mass is 292 g/mol. The first-order chi connectivity index (χ1) is 10.0. The van der Waals surface area contributed by atoms with E-state index in [0.717, 1.165) is 11.3 Å². The van der Waals surface area contributed by atoms with Crippen LogP contribution in [0.3, 0.4) is 0 Å². The van der Waals surface area contributed by atoms with Gasteiger partial charge in [0.15, 0.2) is 0 Å². The Balaban J connectivity index is 2.18. The van der Waals surface area contributed by atoms with Crippen LogP contribution < -0.4 is 4.90 Å². The number of amides is 2.